The third kappa shape index (κ3) is 2.04. The van der Waals surface area contributed by atoms with Crippen LogP contribution in [0.2, 0.25) is 0 Å². The molecule has 3 rings (SSSR count). The molecular weight excluding hydrogens is 246 g/mol. The Bertz CT molecular complexity index is 629. The topological polar surface area (TPSA) is 79.4 Å². The number of fused-ring (bicyclic) bond motifs is 1. The molecule has 1 fully saturated rings. The number of anilines is 1. The molecule has 19 heavy (non-hydrogen) atoms. The van der Waals surface area contributed by atoms with Crippen LogP contribution in [0.4, 0.5) is 5.69 Å². The summed E-state index contributed by atoms with van der Waals surface area (Å²) in [7, 11) is 1.33. The van der Waals surface area contributed by atoms with E-state index in [0.29, 0.717) is 17.9 Å². The van der Waals surface area contributed by atoms with Crippen molar-refractivity contribution in [3.05, 3.63) is 23.9 Å². The van der Waals surface area contributed by atoms with E-state index < -0.39 is 5.97 Å². The highest BCUT2D eigenvalue weighted by Gasteiger charge is 2.20. The predicted octanol–water partition coefficient (Wildman–Crippen LogP) is 1.37. The average molecular weight is 261 g/mol. The first kappa shape index (κ1) is 12.0. The Labute approximate surface area is 110 Å². The second-order valence-electron chi connectivity index (χ2n) is 4.62. The molecule has 1 aromatic carbocycles. The zero-order chi connectivity index (χ0) is 13.4. The fourth-order valence-electron chi connectivity index (χ4n) is 2.31. The van der Waals surface area contributed by atoms with E-state index in [1.807, 2.05) is 10.9 Å². The molecule has 6 nitrogen and oxygen atoms in total. The van der Waals surface area contributed by atoms with Crippen molar-refractivity contribution in [3.8, 4) is 0 Å². The molecule has 0 bridgehead atoms. The van der Waals surface area contributed by atoms with Crippen LogP contribution in [0.25, 0.3) is 10.9 Å². The second kappa shape index (κ2) is 4.55. The van der Waals surface area contributed by atoms with Gasteiger partial charge in [0.1, 0.15) is 0 Å². The van der Waals surface area contributed by atoms with Gasteiger partial charge in [-0.25, -0.2) is 4.79 Å². The van der Waals surface area contributed by atoms with Crippen molar-refractivity contribution in [1.29, 1.82) is 0 Å². The van der Waals surface area contributed by atoms with Crippen molar-refractivity contribution in [1.82, 2.24) is 9.78 Å². The highest BCUT2D eigenvalue weighted by atomic mass is 16.5. The summed E-state index contributed by atoms with van der Waals surface area (Å²) in [4.78, 5) is 11.6. The van der Waals surface area contributed by atoms with Gasteiger partial charge in [-0.1, -0.05) is 0 Å². The quantitative estimate of drug-likeness (QED) is 0.652. The van der Waals surface area contributed by atoms with Crippen molar-refractivity contribution >= 4 is 22.6 Å². The molecule has 1 aromatic heterocycles. The number of carbonyl (C=O) groups excluding carboxylic acids is 1. The summed E-state index contributed by atoms with van der Waals surface area (Å²) >= 11 is 0. The molecule has 2 aromatic rings. The van der Waals surface area contributed by atoms with Gasteiger partial charge in [-0.05, 0) is 18.6 Å². The van der Waals surface area contributed by atoms with Gasteiger partial charge in [-0.3, -0.25) is 4.68 Å². The number of rotatable bonds is 2. The smallest absolute Gasteiger partial charge is 0.340 e. The van der Waals surface area contributed by atoms with Gasteiger partial charge in [-0.2, -0.15) is 5.10 Å². The molecule has 2 N–H and O–H groups in total. The lowest BCUT2D eigenvalue weighted by atomic mass is 10.1. The summed E-state index contributed by atoms with van der Waals surface area (Å²) in [6.07, 6.45) is 2.89. The van der Waals surface area contributed by atoms with Gasteiger partial charge in [0.25, 0.3) is 0 Å². The van der Waals surface area contributed by atoms with E-state index in [2.05, 4.69) is 5.10 Å². The summed E-state index contributed by atoms with van der Waals surface area (Å²) in [5.74, 6) is -0.446. The number of hydrogen-bond donors (Lipinski definition) is 1. The van der Waals surface area contributed by atoms with Gasteiger partial charge in [0.15, 0.2) is 0 Å². The third-order valence-corrected chi connectivity index (χ3v) is 3.38. The standard InChI is InChI=1S/C13H15N3O3/c1-18-13(17)10-5-12-8(4-11(10)14)6-16(15-12)9-2-3-19-7-9/h4-6,9H,2-3,7,14H2,1H3. The lowest BCUT2D eigenvalue weighted by molar-refractivity contribution is 0.0602. The molecule has 1 aliphatic rings. The first-order chi connectivity index (χ1) is 9.19. The minimum absolute atomic E-state index is 0.259. The summed E-state index contributed by atoms with van der Waals surface area (Å²) in [5.41, 5.74) is 7.35. The molecule has 1 saturated heterocycles. The number of nitrogens with zero attached hydrogens (tertiary/aromatic N) is 2. The number of nitrogens with two attached hydrogens (primary N) is 1. The van der Waals surface area contributed by atoms with E-state index in [9.17, 15) is 4.79 Å². The highest BCUT2D eigenvalue weighted by molar-refractivity contribution is 6.00. The maximum absolute atomic E-state index is 11.6. The molecule has 0 saturated carbocycles. The van der Waals surface area contributed by atoms with E-state index in [0.717, 1.165) is 23.9 Å². The summed E-state index contributed by atoms with van der Waals surface area (Å²) in [5, 5.41) is 5.40. The second-order valence-corrected chi connectivity index (χ2v) is 4.62. The molecule has 0 amide bonds. The van der Waals surface area contributed by atoms with E-state index >= 15 is 0 Å². The lowest BCUT2D eigenvalue weighted by Crippen LogP contribution is -2.08. The van der Waals surface area contributed by atoms with E-state index in [4.69, 9.17) is 15.2 Å². The van der Waals surface area contributed by atoms with Gasteiger partial charge in [0, 0.05) is 23.9 Å². The van der Waals surface area contributed by atoms with Gasteiger partial charge in [0.05, 0.1) is 30.8 Å². The molecule has 1 unspecified atom stereocenters. The largest absolute Gasteiger partial charge is 0.465 e. The van der Waals surface area contributed by atoms with Crippen LogP contribution in [-0.4, -0.2) is 36.1 Å². The number of carbonyl (C=O) groups is 1. The molecular formula is C13H15N3O3. The molecule has 0 aliphatic carbocycles. The number of benzene rings is 1. The number of aromatic nitrogens is 2. The van der Waals surface area contributed by atoms with Gasteiger partial charge < -0.3 is 15.2 Å². The first-order valence-electron chi connectivity index (χ1n) is 6.13. The average Bonchev–Trinajstić information content (AvgIpc) is 3.04. The maximum atomic E-state index is 11.6. The summed E-state index contributed by atoms with van der Waals surface area (Å²) in [6.45, 7) is 1.43. The Morgan fingerprint density at radius 2 is 2.42 bits per heavy atom. The lowest BCUT2D eigenvalue weighted by Gasteiger charge is -2.06. The zero-order valence-corrected chi connectivity index (χ0v) is 10.6. The normalized spacial score (nSPS) is 18.9. The van der Waals surface area contributed by atoms with Crippen LogP contribution in [0.3, 0.4) is 0 Å². The van der Waals surface area contributed by atoms with E-state index in [1.165, 1.54) is 7.11 Å². The molecule has 0 spiro atoms. The van der Waals surface area contributed by atoms with E-state index in [-0.39, 0.29) is 6.04 Å². The molecule has 1 atom stereocenters. The Balaban J connectivity index is 2.05. The first-order valence-corrected chi connectivity index (χ1v) is 6.13. The van der Waals surface area contributed by atoms with Crippen molar-refractivity contribution < 1.29 is 14.3 Å². The molecule has 0 radical (unpaired) electrons. The SMILES string of the molecule is COC(=O)c1cc2nn(C3CCOC3)cc2cc1N. The number of nitrogen functional groups attached to an aromatic ring is 1. The van der Waals surface area contributed by atoms with Crippen molar-refractivity contribution in [2.45, 2.75) is 12.5 Å². The van der Waals surface area contributed by atoms with Crippen molar-refractivity contribution in [3.63, 3.8) is 0 Å². The Morgan fingerprint density at radius 3 is 3.11 bits per heavy atom. The van der Waals surface area contributed by atoms with Crippen LogP contribution in [0, 0.1) is 0 Å². The molecule has 6 heteroatoms. The number of esters is 1. The van der Waals surface area contributed by atoms with Gasteiger partial charge >= 0.3 is 5.97 Å². The number of ether oxygens (including phenoxy) is 2. The van der Waals surface area contributed by atoms with Crippen LogP contribution in [0.5, 0.6) is 0 Å². The minimum atomic E-state index is -0.446. The fraction of sp³-hybridized carbons (Fsp3) is 0.385. The number of hydrogen-bond acceptors (Lipinski definition) is 5. The van der Waals surface area contributed by atoms with E-state index in [1.54, 1.807) is 12.1 Å². The molecule has 2 heterocycles. The Morgan fingerprint density at radius 1 is 1.58 bits per heavy atom. The fourth-order valence-corrected chi connectivity index (χ4v) is 2.31. The summed E-state index contributed by atoms with van der Waals surface area (Å²) < 4.78 is 11.9. The predicted molar refractivity (Wildman–Crippen MR) is 70.0 cm³/mol. The van der Waals surface area contributed by atoms with Crippen molar-refractivity contribution in [2.75, 3.05) is 26.1 Å². The molecule has 100 valence electrons. The van der Waals surface area contributed by atoms with Crippen LogP contribution < -0.4 is 5.73 Å². The van der Waals surface area contributed by atoms with Gasteiger partial charge in [-0.15, -0.1) is 0 Å². The third-order valence-electron chi connectivity index (χ3n) is 3.38. The van der Waals surface area contributed by atoms with Crippen LogP contribution in [-0.2, 0) is 9.47 Å². The van der Waals surface area contributed by atoms with Crippen LogP contribution in [0.1, 0.15) is 22.8 Å². The Hall–Kier alpha value is -2.08. The molecule has 1 aliphatic heterocycles. The van der Waals surface area contributed by atoms with Crippen LogP contribution >= 0.6 is 0 Å². The Kier molecular flexibility index (Phi) is 2.87. The van der Waals surface area contributed by atoms with Crippen molar-refractivity contribution in [2.24, 2.45) is 0 Å². The van der Waals surface area contributed by atoms with Crippen LogP contribution in [0.15, 0.2) is 18.3 Å². The number of methoxy groups -OCH3 is 1. The minimum Gasteiger partial charge on any atom is -0.465 e. The van der Waals surface area contributed by atoms with Gasteiger partial charge in [0.2, 0.25) is 0 Å². The monoisotopic (exact) mass is 261 g/mol. The maximum Gasteiger partial charge on any atom is 0.340 e. The summed E-state index contributed by atoms with van der Waals surface area (Å²) in [6, 6.07) is 3.68. The zero-order valence-electron chi connectivity index (χ0n) is 10.6. The highest BCUT2D eigenvalue weighted by Crippen LogP contribution is 2.25.